The van der Waals surface area contributed by atoms with E-state index >= 15 is 0 Å². The summed E-state index contributed by atoms with van der Waals surface area (Å²) in [6.07, 6.45) is 10.8. The number of allylic oxidation sites excluding steroid dienone is 4. The Morgan fingerprint density at radius 1 is 1.22 bits per heavy atom. The van der Waals surface area contributed by atoms with Crippen LogP contribution in [-0.2, 0) is 28.1 Å². The van der Waals surface area contributed by atoms with Gasteiger partial charge < -0.3 is 0 Å². The van der Waals surface area contributed by atoms with Crippen LogP contribution in [0.3, 0.4) is 0 Å². The van der Waals surface area contributed by atoms with Crippen LogP contribution in [0.25, 0.3) is 0 Å². The van der Waals surface area contributed by atoms with Crippen LogP contribution in [0.4, 0.5) is 0 Å². The van der Waals surface area contributed by atoms with Gasteiger partial charge in [0, 0.05) is 0 Å². The van der Waals surface area contributed by atoms with Gasteiger partial charge >= 0.3 is 155 Å². The Morgan fingerprint density at radius 3 is 2.74 bits per heavy atom. The monoisotopic (exact) mass is 522 g/mol. The molecule has 1 N–H and O–H groups in total. The third kappa shape index (κ3) is 2.30. The molecule has 0 heterocycles. The van der Waals surface area contributed by atoms with Crippen molar-refractivity contribution in [3.05, 3.63) is 20.8 Å². The summed E-state index contributed by atoms with van der Waals surface area (Å²) in [5.74, 6) is 2.20. The Bertz CT molecular complexity index is 612. The van der Waals surface area contributed by atoms with Crippen LogP contribution in [0.15, 0.2) is 20.8 Å². The molecule has 0 aromatic carbocycles. The van der Waals surface area contributed by atoms with Crippen molar-refractivity contribution in [2.75, 3.05) is 0 Å². The standard InChI is InChI=1S/C19H25O2.ClH.Hg/c1-18-9-7-13(20)11-12(18)3-4-14-15-5-6-17(21)19(15,2)10-8-16(14)18;;/h9,11,14-17,21H,3-6,8,10H2,1-2H3;1H;/q;;+1/p-1/t14-,15-,16-,17?,18-,19-;;/m0../s1. The van der Waals surface area contributed by atoms with Crippen LogP contribution < -0.4 is 0 Å². The molecule has 4 heteroatoms. The van der Waals surface area contributed by atoms with Crippen LogP contribution in [0.5, 0.6) is 0 Å². The van der Waals surface area contributed by atoms with E-state index in [1.807, 2.05) is 6.08 Å². The van der Waals surface area contributed by atoms with Gasteiger partial charge in [0.05, 0.1) is 0 Å². The molecule has 4 rings (SSSR count). The van der Waals surface area contributed by atoms with Crippen molar-refractivity contribution in [2.24, 2.45) is 28.6 Å². The van der Waals surface area contributed by atoms with E-state index in [4.69, 9.17) is 8.25 Å². The van der Waals surface area contributed by atoms with E-state index in [9.17, 15) is 9.90 Å². The number of ketones is 1. The SMILES string of the molecule is C[C@]12C=[C]([Hg][Cl])C(=O)C=C1CC[C@@H]1[C@@H]2CC[C@]2(C)C(O)CC[C@@H]12. The minimum atomic E-state index is -1.69. The number of halogens is 1. The Labute approximate surface area is 154 Å². The van der Waals surface area contributed by atoms with Gasteiger partial charge in [-0.25, -0.2) is 0 Å². The molecule has 1 unspecified atom stereocenters. The molecule has 4 aliphatic carbocycles. The van der Waals surface area contributed by atoms with Crippen molar-refractivity contribution in [3.63, 3.8) is 0 Å². The second-order valence-electron chi connectivity index (χ2n) is 8.67. The summed E-state index contributed by atoms with van der Waals surface area (Å²) in [6, 6.07) is 0. The molecule has 6 atom stereocenters. The molecule has 0 spiro atoms. The topological polar surface area (TPSA) is 37.3 Å². The van der Waals surface area contributed by atoms with Gasteiger partial charge in [-0.1, -0.05) is 0 Å². The average molecular weight is 521 g/mol. The van der Waals surface area contributed by atoms with Gasteiger partial charge in [0.2, 0.25) is 0 Å². The Hall–Kier alpha value is 0.335. The number of carbonyl (C=O) groups excluding carboxylic acids is 1. The molecule has 3 fully saturated rings. The first-order chi connectivity index (χ1) is 10.9. The molecule has 2 nitrogen and oxygen atoms in total. The van der Waals surface area contributed by atoms with Gasteiger partial charge in [-0.3, -0.25) is 0 Å². The number of hydrogen-bond donors (Lipinski definition) is 1. The zero-order chi connectivity index (χ0) is 16.4. The molecular weight excluding hydrogens is 496 g/mol. The van der Waals surface area contributed by atoms with Crippen molar-refractivity contribution < 1.29 is 33.2 Å². The first-order valence-electron chi connectivity index (χ1n) is 9.11. The van der Waals surface area contributed by atoms with Crippen LogP contribution in [0, 0.1) is 28.6 Å². The quantitative estimate of drug-likeness (QED) is 0.525. The molecule has 0 bridgehead atoms. The van der Waals surface area contributed by atoms with Gasteiger partial charge in [-0.15, -0.1) is 0 Å². The second kappa shape index (κ2) is 5.67. The van der Waals surface area contributed by atoms with E-state index in [0.29, 0.717) is 17.8 Å². The molecule has 0 aromatic rings. The fraction of sp³-hybridized carbons (Fsp3) is 0.737. The van der Waals surface area contributed by atoms with Gasteiger partial charge in [0.1, 0.15) is 0 Å². The summed E-state index contributed by atoms with van der Waals surface area (Å²) >= 11 is -1.69. The maximum absolute atomic E-state index is 12.3. The molecule has 122 valence electrons. The Morgan fingerprint density at radius 2 is 2.00 bits per heavy atom. The second-order valence-corrected chi connectivity index (χ2v) is 15.0. The zero-order valence-electron chi connectivity index (χ0n) is 14.1. The first-order valence-corrected chi connectivity index (χ1v) is 18.6. The number of fused-ring (bicyclic) bond motifs is 5. The van der Waals surface area contributed by atoms with Crippen LogP contribution in [0.2, 0.25) is 0 Å². The predicted octanol–water partition coefficient (Wildman–Crippen LogP) is 4.22. The normalized spacial score (nSPS) is 48.6. The summed E-state index contributed by atoms with van der Waals surface area (Å²) in [5.41, 5.74) is 1.53. The number of aliphatic hydroxyl groups excluding tert-OH is 1. The van der Waals surface area contributed by atoms with Crippen LogP contribution >= 0.6 is 8.25 Å². The van der Waals surface area contributed by atoms with E-state index in [1.54, 1.807) is 0 Å². The first kappa shape index (κ1) is 16.8. The van der Waals surface area contributed by atoms with Crippen LogP contribution in [0.1, 0.15) is 52.4 Å². The third-order valence-corrected chi connectivity index (χ3v) is 13.6. The minimum absolute atomic E-state index is 0.0515. The summed E-state index contributed by atoms with van der Waals surface area (Å²) in [6.45, 7) is 4.68. The molecule has 0 amide bonds. The molecule has 0 saturated heterocycles. The summed E-state index contributed by atoms with van der Waals surface area (Å²) in [5, 5.41) is 10.5. The van der Waals surface area contributed by atoms with Crippen molar-refractivity contribution in [3.8, 4) is 0 Å². The van der Waals surface area contributed by atoms with Gasteiger partial charge in [0.25, 0.3) is 0 Å². The summed E-state index contributed by atoms with van der Waals surface area (Å²) < 4.78 is 0.998. The Kier molecular flexibility index (Phi) is 4.14. The number of hydrogen-bond acceptors (Lipinski definition) is 2. The Balaban J connectivity index is 1.72. The fourth-order valence-electron chi connectivity index (χ4n) is 6.45. The zero-order valence-corrected chi connectivity index (χ0v) is 20.4. The molecule has 0 aromatic heterocycles. The molecule has 0 aliphatic heterocycles. The van der Waals surface area contributed by atoms with E-state index in [-0.39, 0.29) is 22.7 Å². The van der Waals surface area contributed by atoms with E-state index in [2.05, 4.69) is 19.9 Å². The summed E-state index contributed by atoms with van der Waals surface area (Å²) in [4.78, 5) is 12.3. The fourth-order valence-corrected chi connectivity index (χ4v) is 11.1. The van der Waals surface area contributed by atoms with Gasteiger partial charge in [-0.2, -0.15) is 0 Å². The predicted molar refractivity (Wildman–Crippen MR) is 87.4 cm³/mol. The van der Waals surface area contributed by atoms with Crippen molar-refractivity contribution >= 4 is 14.0 Å². The number of aliphatic hydroxyl groups is 1. The van der Waals surface area contributed by atoms with Crippen molar-refractivity contribution in [2.45, 2.75) is 58.5 Å². The average Bonchev–Trinajstić information content (AvgIpc) is 2.83. The number of carbonyl (C=O) groups is 1. The van der Waals surface area contributed by atoms with Gasteiger partial charge in [0.15, 0.2) is 0 Å². The molecule has 0 radical (unpaired) electrons. The van der Waals surface area contributed by atoms with Crippen molar-refractivity contribution in [1.29, 1.82) is 0 Å². The number of rotatable bonds is 1. The third-order valence-electron chi connectivity index (χ3n) is 7.84. The molecule has 4 aliphatic rings. The molecule has 23 heavy (non-hydrogen) atoms. The van der Waals surface area contributed by atoms with Gasteiger partial charge in [-0.05, 0) is 0 Å². The van der Waals surface area contributed by atoms with Crippen molar-refractivity contribution in [1.82, 2.24) is 0 Å². The summed E-state index contributed by atoms with van der Waals surface area (Å²) in [7, 11) is 6.24. The molecule has 3 saturated carbocycles. The molecular formula is C19H25ClHgO2. The maximum atomic E-state index is 12.3. The van der Waals surface area contributed by atoms with E-state index < -0.39 is 23.3 Å². The van der Waals surface area contributed by atoms with Crippen LogP contribution in [-0.4, -0.2) is 17.0 Å². The van der Waals surface area contributed by atoms with E-state index in [1.165, 1.54) is 24.8 Å². The van der Waals surface area contributed by atoms with E-state index in [0.717, 1.165) is 22.3 Å².